The van der Waals surface area contributed by atoms with Gasteiger partial charge in [0, 0.05) is 23.6 Å². The van der Waals surface area contributed by atoms with Crippen LogP contribution in [0.25, 0.3) is 0 Å². The zero-order chi connectivity index (χ0) is 13.5. The van der Waals surface area contributed by atoms with Gasteiger partial charge in [-0.3, -0.25) is 4.79 Å². The van der Waals surface area contributed by atoms with E-state index in [9.17, 15) is 4.79 Å². The second-order valence-electron chi connectivity index (χ2n) is 4.19. The summed E-state index contributed by atoms with van der Waals surface area (Å²) in [5.41, 5.74) is 1.17. The zero-order valence-electron chi connectivity index (χ0n) is 11.2. The van der Waals surface area contributed by atoms with Crippen LogP contribution in [0, 0.1) is 0 Å². The minimum Gasteiger partial charge on any atom is -0.342 e. The highest BCUT2D eigenvalue weighted by Crippen LogP contribution is 2.22. The first kappa shape index (κ1) is 15.2. The summed E-state index contributed by atoms with van der Waals surface area (Å²) in [5.74, 6) is 0.152. The molecule has 0 bridgehead atoms. The van der Waals surface area contributed by atoms with Gasteiger partial charge in [0.2, 0.25) is 5.91 Å². The van der Waals surface area contributed by atoms with Crippen LogP contribution in [0.1, 0.15) is 32.4 Å². The lowest BCUT2D eigenvalue weighted by atomic mass is 10.1. The van der Waals surface area contributed by atoms with E-state index in [0.717, 1.165) is 17.6 Å². The molecular weight excluding hydrogens is 292 g/mol. The monoisotopic (exact) mass is 312 g/mol. The maximum atomic E-state index is 11.9. The molecule has 0 saturated carbocycles. The quantitative estimate of drug-likeness (QED) is 0.876. The van der Waals surface area contributed by atoms with Gasteiger partial charge >= 0.3 is 0 Å². The molecule has 1 aromatic carbocycles. The van der Waals surface area contributed by atoms with Crippen LogP contribution in [-0.2, 0) is 4.79 Å². The van der Waals surface area contributed by atoms with E-state index in [0.29, 0.717) is 6.54 Å². The highest BCUT2D eigenvalue weighted by molar-refractivity contribution is 9.10. The third-order valence-electron chi connectivity index (χ3n) is 3.05. The summed E-state index contributed by atoms with van der Waals surface area (Å²) in [7, 11) is 0. The SMILES string of the molecule is CCN(CC)C(=O)CNC(C)c1ccccc1Br. The van der Waals surface area contributed by atoms with Gasteiger partial charge in [0.1, 0.15) is 0 Å². The molecule has 0 aromatic heterocycles. The topological polar surface area (TPSA) is 32.3 Å². The molecule has 1 amide bonds. The van der Waals surface area contributed by atoms with Gasteiger partial charge in [-0.05, 0) is 32.4 Å². The van der Waals surface area contributed by atoms with Crippen molar-refractivity contribution in [1.29, 1.82) is 0 Å². The number of benzene rings is 1. The lowest BCUT2D eigenvalue weighted by Gasteiger charge is -2.21. The van der Waals surface area contributed by atoms with Crippen molar-refractivity contribution in [2.75, 3.05) is 19.6 Å². The molecule has 1 aromatic rings. The summed E-state index contributed by atoms with van der Waals surface area (Å²) < 4.78 is 1.07. The standard InChI is InChI=1S/C14H21BrN2O/c1-4-17(5-2)14(18)10-16-11(3)12-8-6-7-9-13(12)15/h6-9,11,16H,4-5,10H2,1-3H3. The number of nitrogens with one attached hydrogen (secondary N) is 1. The Morgan fingerprint density at radius 3 is 2.50 bits per heavy atom. The fourth-order valence-corrected chi connectivity index (χ4v) is 2.49. The molecule has 3 nitrogen and oxygen atoms in total. The van der Waals surface area contributed by atoms with Crippen molar-refractivity contribution in [2.24, 2.45) is 0 Å². The molecule has 0 radical (unpaired) electrons. The van der Waals surface area contributed by atoms with Crippen LogP contribution >= 0.6 is 15.9 Å². The Kier molecular flexibility index (Phi) is 6.36. The molecule has 1 unspecified atom stereocenters. The number of likely N-dealkylation sites (N-methyl/N-ethyl adjacent to an activating group) is 1. The number of carbonyl (C=O) groups excluding carboxylic acids is 1. The van der Waals surface area contributed by atoms with Crippen LogP contribution in [0.2, 0.25) is 0 Å². The van der Waals surface area contributed by atoms with Crippen LogP contribution in [0.15, 0.2) is 28.7 Å². The average molecular weight is 313 g/mol. The van der Waals surface area contributed by atoms with Gasteiger partial charge in [-0.15, -0.1) is 0 Å². The molecule has 0 spiro atoms. The molecule has 4 heteroatoms. The highest BCUT2D eigenvalue weighted by atomic mass is 79.9. The summed E-state index contributed by atoms with van der Waals surface area (Å²) in [5, 5.41) is 3.27. The minimum absolute atomic E-state index is 0.152. The molecule has 0 aliphatic carbocycles. The largest absolute Gasteiger partial charge is 0.342 e. The Morgan fingerprint density at radius 2 is 1.94 bits per heavy atom. The summed E-state index contributed by atoms with van der Waals surface area (Å²) in [4.78, 5) is 13.7. The van der Waals surface area contributed by atoms with Gasteiger partial charge in [-0.2, -0.15) is 0 Å². The summed E-state index contributed by atoms with van der Waals surface area (Å²) in [6.07, 6.45) is 0. The Hall–Kier alpha value is -0.870. The molecule has 0 saturated heterocycles. The molecule has 0 aliphatic heterocycles. The van der Waals surface area contributed by atoms with E-state index in [1.807, 2.05) is 36.9 Å². The van der Waals surface area contributed by atoms with Gasteiger partial charge in [0.25, 0.3) is 0 Å². The maximum Gasteiger partial charge on any atom is 0.236 e. The summed E-state index contributed by atoms with van der Waals surface area (Å²) in [6.45, 7) is 7.97. The van der Waals surface area contributed by atoms with Crippen LogP contribution in [0.5, 0.6) is 0 Å². The first-order valence-corrected chi connectivity index (χ1v) is 7.15. The van der Waals surface area contributed by atoms with Crippen LogP contribution in [-0.4, -0.2) is 30.4 Å². The number of carbonyl (C=O) groups is 1. The minimum atomic E-state index is 0.152. The third kappa shape index (κ3) is 4.10. The lowest BCUT2D eigenvalue weighted by Crippen LogP contribution is -2.38. The van der Waals surface area contributed by atoms with E-state index in [1.165, 1.54) is 5.56 Å². The lowest BCUT2D eigenvalue weighted by molar-refractivity contribution is -0.129. The van der Waals surface area contributed by atoms with E-state index >= 15 is 0 Å². The first-order valence-electron chi connectivity index (χ1n) is 6.35. The second-order valence-corrected chi connectivity index (χ2v) is 5.04. The summed E-state index contributed by atoms with van der Waals surface area (Å²) >= 11 is 3.52. The van der Waals surface area contributed by atoms with Gasteiger partial charge < -0.3 is 10.2 Å². The van der Waals surface area contributed by atoms with Crippen LogP contribution in [0.4, 0.5) is 0 Å². The van der Waals surface area contributed by atoms with Gasteiger partial charge in [0.15, 0.2) is 0 Å². The molecule has 1 rings (SSSR count). The van der Waals surface area contributed by atoms with Crippen molar-refractivity contribution in [2.45, 2.75) is 26.8 Å². The predicted octanol–water partition coefficient (Wildman–Crippen LogP) is 2.97. The normalized spacial score (nSPS) is 12.2. The van der Waals surface area contributed by atoms with E-state index in [4.69, 9.17) is 0 Å². The van der Waals surface area contributed by atoms with Crippen LogP contribution < -0.4 is 5.32 Å². The number of nitrogens with zero attached hydrogens (tertiary/aromatic N) is 1. The molecule has 18 heavy (non-hydrogen) atoms. The number of amides is 1. The van der Waals surface area contributed by atoms with E-state index in [2.05, 4.69) is 34.2 Å². The van der Waals surface area contributed by atoms with Crippen molar-refractivity contribution in [3.8, 4) is 0 Å². The van der Waals surface area contributed by atoms with E-state index in [1.54, 1.807) is 0 Å². The van der Waals surface area contributed by atoms with Crippen LogP contribution in [0.3, 0.4) is 0 Å². The number of hydrogen-bond acceptors (Lipinski definition) is 2. The Labute approximate surface area is 118 Å². The predicted molar refractivity (Wildman–Crippen MR) is 78.5 cm³/mol. The Morgan fingerprint density at radius 1 is 1.33 bits per heavy atom. The highest BCUT2D eigenvalue weighted by Gasteiger charge is 2.13. The van der Waals surface area contributed by atoms with Crippen molar-refractivity contribution < 1.29 is 4.79 Å². The third-order valence-corrected chi connectivity index (χ3v) is 3.77. The fraction of sp³-hybridized carbons (Fsp3) is 0.500. The van der Waals surface area contributed by atoms with Crippen molar-refractivity contribution in [3.63, 3.8) is 0 Å². The van der Waals surface area contributed by atoms with Crippen molar-refractivity contribution >= 4 is 21.8 Å². The number of rotatable bonds is 6. The first-order chi connectivity index (χ1) is 8.60. The molecule has 0 fully saturated rings. The van der Waals surface area contributed by atoms with Gasteiger partial charge in [0.05, 0.1) is 6.54 Å². The Balaban J connectivity index is 2.54. The smallest absolute Gasteiger partial charge is 0.236 e. The average Bonchev–Trinajstić information content (AvgIpc) is 2.38. The molecular formula is C14H21BrN2O. The van der Waals surface area contributed by atoms with E-state index < -0.39 is 0 Å². The second kappa shape index (κ2) is 7.54. The van der Waals surface area contributed by atoms with E-state index in [-0.39, 0.29) is 11.9 Å². The number of halogens is 1. The molecule has 1 atom stereocenters. The Bertz CT molecular complexity index is 391. The molecule has 100 valence electrons. The van der Waals surface area contributed by atoms with Crippen molar-refractivity contribution in [1.82, 2.24) is 10.2 Å². The fourth-order valence-electron chi connectivity index (χ4n) is 1.86. The van der Waals surface area contributed by atoms with Gasteiger partial charge in [-0.1, -0.05) is 34.1 Å². The van der Waals surface area contributed by atoms with Crippen molar-refractivity contribution in [3.05, 3.63) is 34.3 Å². The molecule has 1 N–H and O–H groups in total. The van der Waals surface area contributed by atoms with Gasteiger partial charge in [-0.25, -0.2) is 0 Å². The molecule has 0 heterocycles. The molecule has 0 aliphatic rings. The summed E-state index contributed by atoms with van der Waals surface area (Å²) in [6, 6.07) is 8.22. The number of hydrogen-bond donors (Lipinski definition) is 1. The zero-order valence-corrected chi connectivity index (χ0v) is 12.8. The maximum absolute atomic E-state index is 11.9.